The number of nitrogens with one attached hydrogen (secondary N) is 1. The summed E-state index contributed by atoms with van der Waals surface area (Å²) in [6.45, 7) is 0. The smallest absolute Gasteiger partial charge is 0.329 e. The fraction of sp³-hybridized carbons (Fsp3) is 0.267. The molecule has 8 heteroatoms. The van der Waals surface area contributed by atoms with E-state index in [2.05, 4.69) is 10.1 Å². The van der Waals surface area contributed by atoms with Crippen molar-refractivity contribution < 1.29 is 9.47 Å². The average molecular weight is 318 g/mol. The van der Waals surface area contributed by atoms with Crippen LogP contribution in [0.2, 0.25) is 0 Å². The van der Waals surface area contributed by atoms with Gasteiger partial charge in [0.05, 0.1) is 20.4 Å². The predicted molar refractivity (Wildman–Crippen MR) is 87.8 cm³/mol. The molecule has 23 heavy (non-hydrogen) atoms. The summed E-state index contributed by atoms with van der Waals surface area (Å²) in [6.07, 6.45) is 1.58. The Morgan fingerprint density at radius 3 is 2.48 bits per heavy atom. The minimum absolute atomic E-state index is 0.301. The number of hydrogen-bond donors (Lipinski definition) is 1. The van der Waals surface area contributed by atoms with Crippen molar-refractivity contribution >= 4 is 12.0 Å². The van der Waals surface area contributed by atoms with Gasteiger partial charge in [-0.25, -0.2) is 4.79 Å². The summed E-state index contributed by atoms with van der Waals surface area (Å²) >= 11 is 0. The van der Waals surface area contributed by atoms with Crippen molar-refractivity contribution in [1.29, 1.82) is 0 Å². The second kappa shape index (κ2) is 6.82. The van der Waals surface area contributed by atoms with Crippen molar-refractivity contribution in [1.82, 2.24) is 9.55 Å². The number of hydrazone groups is 1. The van der Waals surface area contributed by atoms with Crippen LogP contribution in [-0.4, -0.2) is 37.0 Å². The van der Waals surface area contributed by atoms with Crippen LogP contribution in [0, 0.1) is 0 Å². The summed E-state index contributed by atoms with van der Waals surface area (Å²) < 4.78 is 11.4. The van der Waals surface area contributed by atoms with Crippen LogP contribution in [-0.2, 0) is 7.05 Å². The molecule has 2 rings (SSSR count). The zero-order chi connectivity index (χ0) is 17.0. The number of rotatable bonds is 5. The Labute approximate surface area is 132 Å². The van der Waals surface area contributed by atoms with E-state index in [1.165, 1.54) is 18.1 Å². The van der Waals surface area contributed by atoms with Crippen molar-refractivity contribution in [2.75, 3.05) is 26.3 Å². The Hall–Kier alpha value is -3.03. The number of anilines is 1. The van der Waals surface area contributed by atoms with E-state index in [4.69, 9.17) is 9.47 Å². The van der Waals surface area contributed by atoms with E-state index >= 15 is 0 Å². The van der Waals surface area contributed by atoms with Crippen LogP contribution in [0.5, 0.6) is 11.5 Å². The molecule has 0 radical (unpaired) electrons. The van der Waals surface area contributed by atoms with Gasteiger partial charge < -0.3 is 9.47 Å². The van der Waals surface area contributed by atoms with Gasteiger partial charge in [-0.05, 0) is 23.8 Å². The molecule has 1 heterocycles. The fourth-order valence-corrected chi connectivity index (χ4v) is 1.87. The van der Waals surface area contributed by atoms with Crippen LogP contribution in [0.1, 0.15) is 5.56 Å². The van der Waals surface area contributed by atoms with Gasteiger partial charge in [0, 0.05) is 20.2 Å². The molecule has 8 nitrogen and oxygen atoms in total. The largest absolute Gasteiger partial charge is 0.493 e. The lowest BCUT2D eigenvalue weighted by molar-refractivity contribution is 0.355. The number of benzene rings is 1. The van der Waals surface area contributed by atoms with Crippen LogP contribution < -0.4 is 25.7 Å². The van der Waals surface area contributed by atoms with E-state index in [1.807, 2.05) is 6.07 Å². The molecule has 0 aliphatic carbocycles. The first kappa shape index (κ1) is 16.3. The van der Waals surface area contributed by atoms with Crippen LogP contribution in [0.25, 0.3) is 0 Å². The van der Waals surface area contributed by atoms with E-state index in [0.717, 1.165) is 10.1 Å². The summed E-state index contributed by atoms with van der Waals surface area (Å²) in [5.41, 5.74) is -0.127. The topological polar surface area (TPSA) is 88.9 Å². The maximum absolute atomic E-state index is 11.6. The molecule has 0 fully saturated rings. The molecule has 0 atom stereocenters. The second-order valence-corrected chi connectivity index (χ2v) is 4.74. The van der Waals surface area contributed by atoms with Crippen molar-refractivity contribution in [3.63, 3.8) is 0 Å². The first-order valence-electron chi connectivity index (χ1n) is 6.76. The summed E-state index contributed by atoms with van der Waals surface area (Å²) in [5, 5.41) is 5.60. The third-order valence-corrected chi connectivity index (χ3v) is 3.27. The molecule has 1 aromatic carbocycles. The molecular weight excluding hydrogens is 300 g/mol. The van der Waals surface area contributed by atoms with E-state index in [0.29, 0.717) is 17.3 Å². The fourth-order valence-electron chi connectivity index (χ4n) is 1.87. The number of ether oxygens (including phenoxy) is 2. The number of aromatic nitrogens is 2. The Bertz CT molecular complexity index is 807. The van der Waals surface area contributed by atoms with Gasteiger partial charge in [-0.2, -0.15) is 5.10 Å². The molecule has 0 saturated carbocycles. The average Bonchev–Trinajstić information content (AvgIpc) is 2.56. The highest BCUT2D eigenvalue weighted by atomic mass is 16.5. The van der Waals surface area contributed by atoms with Crippen LogP contribution in [0.3, 0.4) is 0 Å². The van der Waals surface area contributed by atoms with E-state index in [-0.39, 0.29) is 0 Å². The minimum atomic E-state index is -0.499. The number of hydrogen-bond acceptors (Lipinski definition) is 6. The highest BCUT2D eigenvalue weighted by Gasteiger charge is 2.05. The Balaban J connectivity index is 2.26. The van der Waals surface area contributed by atoms with Crippen LogP contribution >= 0.6 is 0 Å². The highest BCUT2D eigenvalue weighted by Crippen LogP contribution is 2.26. The van der Waals surface area contributed by atoms with E-state index < -0.39 is 11.2 Å². The molecule has 0 amide bonds. The number of H-pyrrole nitrogens is 1. The number of aromatic amines is 1. The third-order valence-electron chi connectivity index (χ3n) is 3.27. The van der Waals surface area contributed by atoms with Gasteiger partial charge in [0.25, 0.3) is 5.56 Å². The van der Waals surface area contributed by atoms with Gasteiger partial charge in [0.1, 0.15) is 5.82 Å². The van der Waals surface area contributed by atoms with Gasteiger partial charge >= 0.3 is 5.69 Å². The Morgan fingerprint density at radius 2 is 1.87 bits per heavy atom. The maximum atomic E-state index is 11.6. The van der Waals surface area contributed by atoms with Gasteiger partial charge in [0.15, 0.2) is 11.5 Å². The molecule has 0 aliphatic rings. The molecule has 2 aromatic rings. The summed E-state index contributed by atoms with van der Waals surface area (Å²) in [7, 11) is 6.14. The summed E-state index contributed by atoms with van der Waals surface area (Å²) in [5.74, 6) is 1.50. The van der Waals surface area contributed by atoms with Crippen LogP contribution in [0.15, 0.2) is 39.0 Å². The Morgan fingerprint density at radius 1 is 1.17 bits per heavy atom. The van der Waals surface area contributed by atoms with E-state index in [1.54, 1.807) is 39.6 Å². The molecule has 0 unspecified atom stereocenters. The first-order chi connectivity index (χ1) is 11.0. The highest BCUT2D eigenvalue weighted by molar-refractivity contribution is 5.81. The zero-order valence-corrected chi connectivity index (χ0v) is 13.4. The molecule has 122 valence electrons. The monoisotopic (exact) mass is 318 g/mol. The normalized spacial score (nSPS) is 10.8. The lowest BCUT2D eigenvalue weighted by Crippen LogP contribution is -2.33. The van der Waals surface area contributed by atoms with Gasteiger partial charge in [-0.3, -0.25) is 19.4 Å². The molecular formula is C15H18N4O4. The standard InChI is InChI=1S/C15H18N4O4/c1-18-14(20)8-13(17-15(18)21)19(2)16-9-10-5-6-11(22-3)12(7-10)23-4/h5-9H,1-4H3,(H,17,21). The molecule has 0 saturated heterocycles. The molecule has 0 aliphatic heterocycles. The second-order valence-electron chi connectivity index (χ2n) is 4.74. The molecule has 0 bridgehead atoms. The summed E-state index contributed by atoms with van der Waals surface area (Å²) in [4.78, 5) is 25.8. The third kappa shape index (κ3) is 3.60. The van der Waals surface area contributed by atoms with Gasteiger partial charge in [-0.15, -0.1) is 0 Å². The molecule has 1 N–H and O–H groups in total. The SMILES string of the molecule is COc1ccc(C=NN(C)c2cc(=O)n(C)c(=O)[nH]2)cc1OC. The molecule has 0 spiro atoms. The number of nitrogens with zero attached hydrogens (tertiary/aromatic N) is 3. The lowest BCUT2D eigenvalue weighted by atomic mass is 10.2. The van der Waals surface area contributed by atoms with Gasteiger partial charge in [0.2, 0.25) is 0 Å². The van der Waals surface area contributed by atoms with Crippen molar-refractivity contribution in [2.24, 2.45) is 12.1 Å². The maximum Gasteiger partial charge on any atom is 0.329 e. The minimum Gasteiger partial charge on any atom is -0.493 e. The number of methoxy groups -OCH3 is 2. The lowest BCUT2D eigenvalue weighted by Gasteiger charge is -2.12. The van der Waals surface area contributed by atoms with Crippen molar-refractivity contribution in [2.45, 2.75) is 0 Å². The van der Waals surface area contributed by atoms with E-state index in [9.17, 15) is 9.59 Å². The molecule has 1 aromatic heterocycles. The summed E-state index contributed by atoms with van der Waals surface area (Å²) in [6, 6.07) is 6.64. The predicted octanol–water partition coefficient (Wildman–Crippen LogP) is 0.561. The first-order valence-corrected chi connectivity index (χ1v) is 6.76. The quantitative estimate of drug-likeness (QED) is 0.643. The Kier molecular flexibility index (Phi) is 4.85. The van der Waals surface area contributed by atoms with Gasteiger partial charge in [-0.1, -0.05) is 0 Å². The van der Waals surface area contributed by atoms with Crippen LogP contribution in [0.4, 0.5) is 5.82 Å². The zero-order valence-electron chi connectivity index (χ0n) is 13.4. The van der Waals surface area contributed by atoms with Crippen molar-refractivity contribution in [3.05, 3.63) is 50.7 Å². The van der Waals surface area contributed by atoms with Crippen molar-refractivity contribution in [3.8, 4) is 11.5 Å².